The van der Waals surface area contributed by atoms with Crippen molar-refractivity contribution in [3.8, 4) is 17.2 Å². The van der Waals surface area contributed by atoms with E-state index in [-0.39, 0.29) is 17.2 Å². The van der Waals surface area contributed by atoms with Crippen LogP contribution in [0.4, 0.5) is 0 Å². The van der Waals surface area contributed by atoms with Gasteiger partial charge in [-0.3, -0.25) is 39.2 Å². The molecule has 11 nitrogen and oxygen atoms in total. The van der Waals surface area contributed by atoms with Crippen LogP contribution >= 0.6 is 0 Å². The summed E-state index contributed by atoms with van der Waals surface area (Å²) in [7, 11) is 0. The Morgan fingerprint density at radius 1 is 0.349 bits per heavy atom. The monoisotopic (exact) mass is 586 g/mol. The van der Waals surface area contributed by atoms with Crippen LogP contribution in [0.5, 0.6) is 17.2 Å². The van der Waals surface area contributed by atoms with Crippen molar-refractivity contribution in [1.29, 1.82) is 0 Å². The minimum absolute atomic E-state index is 0.215. The highest BCUT2D eigenvalue weighted by Gasteiger charge is 2.37. The zero-order chi connectivity index (χ0) is 29.6. The summed E-state index contributed by atoms with van der Waals surface area (Å²) in [6.45, 7) is 16.3. The van der Waals surface area contributed by atoms with Crippen LogP contribution < -0.4 is 0 Å². The molecule has 0 amide bonds. The van der Waals surface area contributed by atoms with E-state index in [1.54, 1.807) is 36.4 Å². The van der Waals surface area contributed by atoms with Gasteiger partial charge in [-0.05, 0) is 60.0 Å². The third-order valence-electron chi connectivity index (χ3n) is 9.13. The largest absolute Gasteiger partial charge is 0.508 e. The van der Waals surface area contributed by atoms with Gasteiger partial charge in [0.2, 0.25) is 0 Å². The summed E-state index contributed by atoms with van der Waals surface area (Å²) in [6, 6.07) is 21.3. The Morgan fingerprint density at radius 3 is 0.674 bits per heavy atom. The molecule has 0 atom stereocenters. The molecule has 11 rings (SSSR count). The van der Waals surface area contributed by atoms with Crippen LogP contribution in [0.25, 0.3) is 0 Å². The van der Waals surface area contributed by atoms with Gasteiger partial charge in [0.05, 0.1) is 80.0 Å². The molecule has 0 aliphatic carbocycles. The molecule has 43 heavy (non-hydrogen) atoms. The molecule has 3 N–H and O–H groups in total. The van der Waals surface area contributed by atoms with E-state index < -0.39 is 5.41 Å². The lowest BCUT2D eigenvalue weighted by Gasteiger charge is -2.56. The number of phenols is 3. The van der Waals surface area contributed by atoms with Crippen molar-refractivity contribution in [2.75, 3.05) is 80.0 Å². The Labute approximate surface area is 253 Å². The van der Waals surface area contributed by atoms with Crippen molar-refractivity contribution in [3.63, 3.8) is 0 Å². The van der Waals surface area contributed by atoms with Crippen LogP contribution in [0, 0.1) is 0 Å². The Bertz CT molecular complexity index is 1130. The fourth-order valence-corrected chi connectivity index (χ4v) is 7.35. The van der Waals surface area contributed by atoms with Crippen molar-refractivity contribution in [2.45, 2.75) is 12.3 Å². The maximum Gasteiger partial charge on any atom is 0.115 e. The molecule has 0 unspecified atom stereocenters. The number of rotatable bonds is 3. The lowest BCUT2D eigenvalue weighted by molar-refractivity contribution is -0.194. The predicted octanol–water partition coefficient (Wildman–Crippen LogP) is 2.12. The highest BCUT2D eigenvalue weighted by molar-refractivity contribution is 5.51. The van der Waals surface area contributed by atoms with Crippen molar-refractivity contribution >= 4 is 0 Å². The SMILES string of the molecule is C1N2CN3CN1CN(C2)C3.C1N2CN3CN1CN(C2)C3.CC(c1ccc(O)cc1)(c1ccc(O)cc1)c1ccc(O)cc1. The average molecular weight is 587 g/mol. The number of hydrogen-bond donors (Lipinski definition) is 3. The van der Waals surface area contributed by atoms with Gasteiger partial charge in [-0.15, -0.1) is 0 Å². The summed E-state index contributed by atoms with van der Waals surface area (Å²) >= 11 is 0. The number of aromatic hydroxyl groups is 3. The minimum Gasteiger partial charge on any atom is -0.508 e. The molecule has 0 radical (unpaired) electrons. The van der Waals surface area contributed by atoms with Gasteiger partial charge >= 0.3 is 0 Å². The minimum atomic E-state index is -0.477. The Kier molecular flexibility index (Phi) is 7.74. The van der Waals surface area contributed by atoms with Crippen LogP contribution in [0.15, 0.2) is 72.8 Å². The Hall–Kier alpha value is -3.26. The molecule has 3 aromatic carbocycles. The highest BCUT2D eigenvalue weighted by atomic mass is 16.3. The first kappa shape index (κ1) is 28.5. The van der Waals surface area contributed by atoms with Gasteiger partial charge in [0.15, 0.2) is 0 Å². The number of phenolic OH excluding ortho intramolecular Hbond substituents is 3. The molecule has 11 heteroatoms. The Morgan fingerprint density at radius 2 is 0.512 bits per heavy atom. The van der Waals surface area contributed by atoms with E-state index >= 15 is 0 Å². The van der Waals surface area contributed by atoms with E-state index in [4.69, 9.17) is 0 Å². The summed E-state index contributed by atoms with van der Waals surface area (Å²) in [6.07, 6.45) is 0. The molecule has 3 aromatic rings. The fourth-order valence-electron chi connectivity index (χ4n) is 7.35. The van der Waals surface area contributed by atoms with Crippen molar-refractivity contribution < 1.29 is 15.3 Å². The van der Waals surface area contributed by atoms with Gasteiger partial charge in [0.1, 0.15) is 17.2 Å². The van der Waals surface area contributed by atoms with Crippen LogP contribution in [0.3, 0.4) is 0 Å². The summed E-state index contributed by atoms with van der Waals surface area (Å²) in [5.74, 6) is 0.646. The molecule has 0 spiro atoms. The van der Waals surface area contributed by atoms with Gasteiger partial charge in [-0.2, -0.15) is 0 Å². The molecule has 228 valence electrons. The second kappa shape index (κ2) is 11.7. The fraction of sp³-hybridized carbons (Fsp3) is 0.438. The van der Waals surface area contributed by atoms with E-state index in [1.807, 2.05) is 36.4 Å². The standard InChI is InChI=1S/C20H18O3.2C6H12N4/c1-20(14-2-8-17(21)9-3-14,15-4-10-18(22)11-5-15)16-6-12-19(23)13-7-16;2*1-7-2-9-4-8(1)5-10(3-7)6-9/h2-13,21-23H,1H3;2*1-6H2. The topological polar surface area (TPSA) is 86.6 Å². The first-order valence-corrected chi connectivity index (χ1v) is 15.0. The smallest absolute Gasteiger partial charge is 0.115 e. The lowest BCUT2D eigenvalue weighted by Crippen LogP contribution is -2.71. The van der Waals surface area contributed by atoms with E-state index in [0.29, 0.717) is 0 Å². The number of hydrogen-bond acceptors (Lipinski definition) is 11. The van der Waals surface area contributed by atoms with Gasteiger partial charge in [0.25, 0.3) is 0 Å². The van der Waals surface area contributed by atoms with E-state index in [1.165, 1.54) is 80.0 Å². The van der Waals surface area contributed by atoms with Crippen LogP contribution in [0.1, 0.15) is 23.6 Å². The van der Waals surface area contributed by atoms with Crippen LogP contribution in [-0.4, -0.2) is 135 Å². The van der Waals surface area contributed by atoms with Crippen LogP contribution in [0.2, 0.25) is 0 Å². The molecule has 8 aliphatic rings. The number of nitrogens with zero attached hydrogens (tertiary/aromatic N) is 8. The van der Waals surface area contributed by atoms with E-state index in [2.05, 4.69) is 46.1 Å². The van der Waals surface area contributed by atoms with Crippen LogP contribution in [-0.2, 0) is 5.41 Å². The zero-order valence-corrected chi connectivity index (χ0v) is 24.8. The van der Waals surface area contributed by atoms with Gasteiger partial charge < -0.3 is 15.3 Å². The predicted molar refractivity (Wildman–Crippen MR) is 163 cm³/mol. The molecular formula is C32H42N8O3. The van der Waals surface area contributed by atoms with Crippen molar-refractivity contribution in [3.05, 3.63) is 89.5 Å². The normalized spacial score (nSPS) is 32.9. The van der Waals surface area contributed by atoms with Crippen molar-refractivity contribution in [2.24, 2.45) is 0 Å². The second-order valence-corrected chi connectivity index (χ2v) is 12.8. The highest BCUT2D eigenvalue weighted by Crippen LogP contribution is 2.40. The first-order valence-electron chi connectivity index (χ1n) is 15.0. The summed E-state index contributed by atoms with van der Waals surface area (Å²) in [4.78, 5) is 19.8. The molecule has 8 aliphatic heterocycles. The molecule has 8 heterocycles. The number of benzene rings is 3. The zero-order valence-electron chi connectivity index (χ0n) is 24.8. The second-order valence-electron chi connectivity index (χ2n) is 12.8. The quantitative estimate of drug-likeness (QED) is 0.395. The lowest BCUT2D eigenvalue weighted by atomic mass is 9.71. The third-order valence-corrected chi connectivity index (χ3v) is 9.13. The molecular weight excluding hydrogens is 544 g/mol. The first-order chi connectivity index (χ1) is 20.8. The van der Waals surface area contributed by atoms with E-state index in [0.717, 1.165) is 16.7 Å². The van der Waals surface area contributed by atoms with E-state index in [9.17, 15) is 15.3 Å². The summed E-state index contributed by atoms with van der Waals surface area (Å²) < 4.78 is 0. The summed E-state index contributed by atoms with van der Waals surface area (Å²) in [5, 5.41) is 28.7. The van der Waals surface area contributed by atoms with Gasteiger partial charge in [0, 0.05) is 5.41 Å². The average Bonchev–Trinajstić information content (AvgIpc) is 2.97. The Balaban J connectivity index is 0.000000121. The van der Waals surface area contributed by atoms with Crippen molar-refractivity contribution in [1.82, 2.24) is 39.2 Å². The molecule has 0 saturated carbocycles. The molecule has 8 saturated heterocycles. The molecule has 8 fully saturated rings. The van der Waals surface area contributed by atoms with Gasteiger partial charge in [-0.25, -0.2) is 0 Å². The molecule has 8 bridgehead atoms. The third kappa shape index (κ3) is 6.08. The maximum atomic E-state index is 9.57. The van der Waals surface area contributed by atoms with Gasteiger partial charge in [-0.1, -0.05) is 36.4 Å². The molecule has 0 aromatic heterocycles. The maximum absolute atomic E-state index is 9.57. The summed E-state index contributed by atoms with van der Waals surface area (Å²) in [5.41, 5.74) is 2.54.